The Labute approximate surface area is 136 Å². The van der Waals surface area contributed by atoms with Crippen LogP contribution in [0.3, 0.4) is 0 Å². The quantitative estimate of drug-likeness (QED) is 0.735. The molecule has 5 heteroatoms. The monoisotopic (exact) mass is 314 g/mol. The van der Waals surface area contributed by atoms with Crippen molar-refractivity contribution in [3.05, 3.63) is 60.2 Å². The number of hydrogen-bond donors (Lipinski definition) is 2. The predicted molar refractivity (Wildman–Crippen MR) is 90.4 cm³/mol. The number of rotatable bonds is 8. The summed E-state index contributed by atoms with van der Waals surface area (Å²) < 4.78 is 10.6. The topological polar surface area (TPSA) is 73.6 Å². The van der Waals surface area contributed by atoms with Crippen molar-refractivity contribution in [3.63, 3.8) is 0 Å². The fourth-order valence-electron chi connectivity index (χ4n) is 2.09. The molecule has 23 heavy (non-hydrogen) atoms. The molecule has 0 aromatic heterocycles. The Bertz CT molecular complexity index is 617. The van der Waals surface area contributed by atoms with E-state index in [0.717, 1.165) is 12.0 Å². The van der Waals surface area contributed by atoms with Gasteiger partial charge in [0.2, 0.25) is 5.91 Å². The molecule has 2 aromatic rings. The van der Waals surface area contributed by atoms with Gasteiger partial charge in [-0.3, -0.25) is 4.79 Å². The van der Waals surface area contributed by atoms with Crippen molar-refractivity contribution in [1.29, 1.82) is 0 Å². The second-order valence-corrected chi connectivity index (χ2v) is 5.10. The van der Waals surface area contributed by atoms with Gasteiger partial charge >= 0.3 is 0 Å². The largest absolute Gasteiger partial charge is 0.493 e. The van der Waals surface area contributed by atoms with Gasteiger partial charge in [-0.25, -0.2) is 0 Å². The second-order valence-electron chi connectivity index (χ2n) is 5.10. The van der Waals surface area contributed by atoms with E-state index in [1.807, 2.05) is 42.5 Å². The van der Waals surface area contributed by atoms with Crippen LogP contribution >= 0.6 is 0 Å². The first-order valence-corrected chi connectivity index (χ1v) is 7.54. The molecule has 3 N–H and O–H groups in total. The molecule has 0 radical (unpaired) electrons. The standard InChI is InChI=1S/C18H22N2O3/c1-22-11-6-12-23-16-10-5-9-15(13-16)20-18(21)17(19)14-7-3-2-4-8-14/h2-5,7-10,13,17H,6,11-12,19H2,1H3,(H,20,21). The molecule has 1 unspecified atom stereocenters. The third-order valence-corrected chi connectivity index (χ3v) is 3.30. The second kappa shape index (κ2) is 8.92. The normalized spacial score (nSPS) is 11.7. The zero-order valence-electron chi connectivity index (χ0n) is 13.2. The van der Waals surface area contributed by atoms with Gasteiger partial charge in [0.05, 0.1) is 6.61 Å². The van der Waals surface area contributed by atoms with Gasteiger partial charge in [0, 0.05) is 31.9 Å². The molecule has 0 spiro atoms. The van der Waals surface area contributed by atoms with Gasteiger partial charge in [-0.1, -0.05) is 36.4 Å². The lowest BCUT2D eigenvalue weighted by atomic mass is 10.1. The summed E-state index contributed by atoms with van der Waals surface area (Å²) in [5.41, 5.74) is 7.41. The van der Waals surface area contributed by atoms with Gasteiger partial charge in [0.15, 0.2) is 0 Å². The lowest BCUT2D eigenvalue weighted by Crippen LogP contribution is -2.27. The minimum absolute atomic E-state index is 0.257. The van der Waals surface area contributed by atoms with Gasteiger partial charge in [0.1, 0.15) is 11.8 Å². The maximum atomic E-state index is 12.2. The van der Waals surface area contributed by atoms with E-state index in [2.05, 4.69) is 5.32 Å². The van der Waals surface area contributed by atoms with E-state index in [-0.39, 0.29) is 5.91 Å². The summed E-state index contributed by atoms with van der Waals surface area (Å²) in [6.07, 6.45) is 0.811. The van der Waals surface area contributed by atoms with E-state index < -0.39 is 6.04 Å². The molecular formula is C18H22N2O3. The molecule has 0 bridgehead atoms. The Balaban J connectivity index is 1.93. The smallest absolute Gasteiger partial charge is 0.245 e. The fraction of sp³-hybridized carbons (Fsp3) is 0.278. The van der Waals surface area contributed by atoms with E-state index >= 15 is 0 Å². The average molecular weight is 314 g/mol. The highest BCUT2D eigenvalue weighted by atomic mass is 16.5. The van der Waals surface area contributed by atoms with Crippen LogP contribution in [-0.2, 0) is 9.53 Å². The van der Waals surface area contributed by atoms with Crippen molar-refractivity contribution < 1.29 is 14.3 Å². The van der Waals surface area contributed by atoms with E-state index in [0.29, 0.717) is 24.7 Å². The summed E-state index contributed by atoms with van der Waals surface area (Å²) in [6, 6.07) is 15.8. The molecule has 1 atom stereocenters. The number of benzene rings is 2. The van der Waals surface area contributed by atoms with Crippen LogP contribution < -0.4 is 15.8 Å². The number of amides is 1. The fourth-order valence-corrected chi connectivity index (χ4v) is 2.09. The van der Waals surface area contributed by atoms with Crippen LogP contribution in [0.15, 0.2) is 54.6 Å². The maximum Gasteiger partial charge on any atom is 0.245 e. The van der Waals surface area contributed by atoms with Crippen LogP contribution in [0.4, 0.5) is 5.69 Å². The van der Waals surface area contributed by atoms with Crippen molar-refractivity contribution in [2.75, 3.05) is 25.6 Å². The van der Waals surface area contributed by atoms with Gasteiger partial charge in [0.25, 0.3) is 0 Å². The lowest BCUT2D eigenvalue weighted by molar-refractivity contribution is -0.117. The number of nitrogens with one attached hydrogen (secondary N) is 1. The number of carbonyl (C=O) groups excluding carboxylic acids is 1. The zero-order chi connectivity index (χ0) is 16.5. The molecule has 0 saturated carbocycles. The van der Waals surface area contributed by atoms with Crippen LogP contribution in [0.25, 0.3) is 0 Å². The first-order chi connectivity index (χ1) is 11.2. The Morgan fingerprint density at radius 2 is 1.91 bits per heavy atom. The van der Waals surface area contributed by atoms with Crippen molar-refractivity contribution in [3.8, 4) is 5.75 Å². The maximum absolute atomic E-state index is 12.2. The number of carbonyl (C=O) groups is 1. The molecule has 0 aliphatic heterocycles. The Hall–Kier alpha value is -2.37. The first-order valence-electron chi connectivity index (χ1n) is 7.54. The summed E-state index contributed by atoms with van der Waals surface area (Å²) in [5.74, 6) is 0.444. The molecule has 5 nitrogen and oxygen atoms in total. The van der Waals surface area contributed by atoms with Crippen molar-refractivity contribution in [2.24, 2.45) is 5.73 Å². The molecule has 122 valence electrons. The lowest BCUT2D eigenvalue weighted by Gasteiger charge is -2.13. The van der Waals surface area contributed by atoms with Crippen LogP contribution in [0.1, 0.15) is 18.0 Å². The van der Waals surface area contributed by atoms with Crippen LogP contribution in [-0.4, -0.2) is 26.2 Å². The summed E-state index contributed by atoms with van der Waals surface area (Å²) in [5, 5.41) is 2.81. The molecule has 0 saturated heterocycles. The minimum atomic E-state index is -0.706. The molecule has 0 aliphatic carbocycles. The number of methoxy groups -OCH3 is 1. The Morgan fingerprint density at radius 1 is 1.13 bits per heavy atom. The highest BCUT2D eigenvalue weighted by Crippen LogP contribution is 2.19. The van der Waals surface area contributed by atoms with E-state index in [1.54, 1.807) is 19.2 Å². The highest BCUT2D eigenvalue weighted by molar-refractivity contribution is 5.95. The number of ether oxygens (including phenoxy) is 2. The molecule has 0 heterocycles. The molecular weight excluding hydrogens is 292 g/mol. The van der Waals surface area contributed by atoms with E-state index in [4.69, 9.17) is 15.2 Å². The number of hydrogen-bond acceptors (Lipinski definition) is 4. The summed E-state index contributed by atoms with van der Waals surface area (Å²) in [4.78, 5) is 12.2. The van der Waals surface area contributed by atoms with Crippen LogP contribution in [0.5, 0.6) is 5.75 Å². The van der Waals surface area contributed by atoms with Crippen molar-refractivity contribution in [1.82, 2.24) is 0 Å². The zero-order valence-corrected chi connectivity index (χ0v) is 13.2. The Kier molecular flexibility index (Phi) is 6.59. The van der Waals surface area contributed by atoms with Gasteiger partial charge in [-0.2, -0.15) is 0 Å². The van der Waals surface area contributed by atoms with Crippen molar-refractivity contribution in [2.45, 2.75) is 12.5 Å². The summed E-state index contributed by atoms with van der Waals surface area (Å²) >= 11 is 0. The van der Waals surface area contributed by atoms with Gasteiger partial charge in [-0.15, -0.1) is 0 Å². The van der Waals surface area contributed by atoms with E-state index in [1.165, 1.54) is 0 Å². The number of anilines is 1. The van der Waals surface area contributed by atoms with E-state index in [9.17, 15) is 4.79 Å². The summed E-state index contributed by atoms with van der Waals surface area (Å²) in [6.45, 7) is 1.22. The third kappa shape index (κ3) is 5.39. The SMILES string of the molecule is COCCCOc1cccc(NC(=O)C(N)c2ccccc2)c1. The van der Waals surface area contributed by atoms with Gasteiger partial charge in [-0.05, 0) is 17.7 Å². The highest BCUT2D eigenvalue weighted by Gasteiger charge is 2.15. The van der Waals surface area contributed by atoms with Gasteiger partial charge < -0.3 is 20.5 Å². The first kappa shape index (κ1) is 17.0. The van der Waals surface area contributed by atoms with Crippen LogP contribution in [0, 0.1) is 0 Å². The molecule has 0 fully saturated rings. The van der Waals surface area contributed by atoms with Crippen molar-refractivity contribution >= 4 is 11.6 Å². The molecule has 2 rings (SSSR count). The predicted octanol–water partition coefficient (Wildman–Crippen LogP) is 2.74. The third-order valence-electron chi connectivity index (χ3n) is 3.30. The molecule has 1 amide bonds. The number of nitrogens with two attached hydrogens (primary N) is 1. The average Bonchev–Trinajstić information content (AvgIpc) is 2.59. The molecule has 0 aliphatic rings. The van der Waals surface area contributed by atoms with Crippen LogP contribution in [0.2, 0.25) is 0 Å². The summed E-state index contributed by atoms with van der Waals surface area (Å²) in [7, 11) is 1.66. The minimum Gasteiger partial charge on any atom is -0.493 e. The Morgan fingerprint density at radius 3 is 2.65 bits per heavy atom. The molecule has 2 aromatic carbocycles.